The van der Waals surface area contributed by atoms with E-state index < -0.39 is 0 Å². The number of aryl methyl sites for hydroxylation is 2. The predicted molar refractivity (Wildman–Crippen MR) is 79.3 cm³/mol. The van der Waals surface area contributed by atoms with E-state index in [9.17, 15) is 0 Å². The van der Waals surface area contributed by atoms with Gasteiger partial charge in [0.15, 0.2) is 0 Å². The third-order valence-corrected chi connectivity index (χ3v) is 3.05. The number of methoxy groups -OCH3 is 1. The maximum absolute atomic E-state index is 5.60. The lowest BCUT2D eigenvalue weighted by molar-refractivity contribution is 0.357. The van der Waals surface area contributed by atoms with Gasteiger partial charge in [0.1, 0.15) is 0 Å². The minimum Gasteiger partial charge on any atom is -0.481 e. The van der Waals surface area contributed by atoms with Crippen LogP contribution in [0.15, 0.2) is 4.42 Å². The molecule has 21 heavy (non-hydrogen) atoms. The summed E-state index contributed by atoms with van der Waals surface area (Å²) in [5.74, 6) is 1.37. The van der Waals surface area contributed by atoms with Crippen molar-refractivity contribution in [3.05, 3.63) is 17.1 Å². The Morgan fingerprint density at radius 2 is 2.00 bits per heavy atom. The number of aromatic nitrogens is 4. The zero-order chi connectivity index (χ0) is 15.6. The molecule has 0 atom stereocenters. The highest BCUT2D eigenvalue weighted by Crippen LogP contribution is 2.23. The fourth-order valence-corrected chi connectivity index (χ4v) is 2.15. The first-order chi connectivity index (χ1) is 9.80. The van der Waals surface area contributed by atoms with E-state index in [0.29, 0.717) is 18.5 Å². The van der Waals surface area contributed by atoms with Crippen LogP contribution in [0.5, 0.6) is 5.88 Å². The van der Waals surface area contributed by atoms with Crippen LogP contribution in [-0.2, 0) is 20.0 Å². The molecule has 0 aliphatic carbocycles. The van der Waals surface area contributed by atoms with Gasteiger partial charge in [-0.25, -0.2) is 4.68 Å². The molecule has 2 aromatic heterocycles. The highest BCUT2D eigenvalue weighted by atomic mass is 16.5. The first kappa shape index (κ1) is 15.3. The van der Waals surface area contributed by atoms with Crippen LogP contribution >= 0.6 is 0 Å². The van der Waals surface area contributed by atoms with E-state index in [-0.39, 0.29) is 5.41 Å². The third-order valence-electron chi connectivity index (χ3n) is 3.05. The van der Waals surface area contributed by atoms with Crippen molar-refractivity contribution in [2.24, 2.45) is 12.5 Å². The van der Waals surface area contributed by atoms with Gasteiger partial charge in [-0.05, 0) is 12.3 Å². The Morgan fingerprint density at radius 3 is 2.62 bits per heavy atom. The zero-order valence-corrected chi connectivity index (χ0v) is 13.5. The monoisotopic (exact) mass is 293 g/mol. The molecule has 0 aromatic carbocycles. The molecule has 0 unspecified atom stereocenters. The van der Waals surface area contributed by atoms with Gasteiger partial charge < -0.3 is 14.5 Å². The average molecular weight is 293 g/mol. The lowest BCUT2D eigenvalue weighted by Gasteiger charge is -2.14. The summed E-state index contributed by atoms with van der Waals surface area (Å²) < 4.78 is 12.7. The van der Waals surface area contributed by atoms with Gasteiger partial charge in [-0.15, -0.1) is 5.10 Å². The Morgan fingerprint density at radius 1 is 1.29 bits per heavy atom. The molecule has 116 valence electrons. The Bertz CT molecular complexity index is 609. The highest BCUT2D eigenvalue weighted by Gasteiger charge is 2.18. The zero-order valence-electron chi connectivity index (χ0n) is 13.5. The second-order valence-corrected chi connectivity index (χ2v) is 6.29. The molecule has 0 aliphatic rings. The first-order valence-electron chi connectivity index (χ1n) is 6.93. The number of nitrogens with zero attached hydrogens (tertiary/aromatic N) is 4. The molecule has 2 rings (SSSR count). The average Bonchev–Trinajstić information content (AvgIpc) is 2.89. The summed E-state index contributed by atoms with van der Waals surface area (Å²) in [5, 5.41) is 15.5. The van der Waals surface area contributed by atoms with E-state index in [2.05, 4.69) is 41.4 Å². The predicted octanol–water partition coefficient (Wildman–Crippen LogP) is 2.32. The number of anilines is 1. The molecule has 0 amide bonds. The minimum absolute atomic E-state index is 0.118. The second-order valence-electron chi connectivity index (χ2n) is 6.29. The largest absolute Gasteiger partial charge is 0.481 e. The molecule has 0 radical (unpaired) electrons. The van der Waals surface area contributed by atoms with Crippen LogP contribution in [-0.4, -0.2) is 27.1 Å². The topological polar surface area (TPSA) is 78.0 Å². The molecule has 7 nitrogen and oxygen atoms in total. The Labute approximate surface area is 124 Å². The van der Waals surface area contributed by atoms with E-state index in [1.165, 1.54) is 0 Å². The number of hydrogen-bond acceptors (Lipinski definition) is 6. The molecule has 0 aliphatic heterocycles. The van der Waals surface area contributed by atoms with Crippen molar-refractivity contribution >= 4 is 6.01 Å². The van der Waals surface area contributed by atoms with Crippen molar-refractivity contribution in [1.82, 2.24) is 20.0 Å². The van der Waals surface area contributed by atoms with Crippen LogP contribution in [0, 0.1) is 12.3 Å². The van der Waals surface area contributed by atoms with E-state index in [4.69, 9.17) is 9.15 Å². The minimum atomic E-state index is 0.118. The van der Waals surface area contributed by atoms with Crippen molar-refractivity contribution in [3.63, 3.8) is 0 Å². The molecule has 0 saturated heterocycles. The maximum atomic E-state index is 5.60. The van der Waals surface area contributed by atoms with Crippen molar-refractivity contribution in [2.75, 3.05) is 12.4 Å². The fourth-order valence-electron chi connectivity index (χ4n) is 2.15. The molecule has 2 aromatic rings. The number of hydrogen-bond donors (Lipinski definition) is 1. The number of rotatable bonds is 5. The van der Waals surface area contributed by atoms with Crippen LogP contribution in [0.25, 0.3) is 0 Å². The summed E-state index contributed by atoms with van der Waals surface area (Å²) in [6.07, 6.45) is 0.747. The van der Waals surface area contributed by atoms with Gasteiger partial charge in [0, 0.05) is 13.5 Å². The molecule has 0 spiro atoms. The van der Waals surface area contributed by atoms with E-state index >= 15 is 0 Å². The molecule has 7 heteroatoms. The number of ether oxygens (including phenoxy) is 1. The van der Waals surface area contributed by atoms with E-state index in [1.807, 2.05) is 14.0 Å². The Hall–Kier alpha value is -2.05. The standard InChI is InChI=1S/C14H23N5O2/c1-9-10(12(20-6)19(5)18-9)8-15-13-17-16-11(21-13)7-14(2,3)4/h7-8H2,1-6H3,(H,15,17). The van der Waals surface area contributed by atoms with Crippen LogP contribution < -0.4 is 10.1 Å². The maximum Gasteiger partial charge on any atom is 0.315 e. The molecular weight excluding hydrogens is 270 g/mol. The normalized spacial score (nSPS) is 11.7. The summed E-state index contributed by atoms with van der Waals surface area (Å²) >= 11 is 0. The van der Waals surface area contributed by atoms with E-state index in [0.717, 1.165) is 23.6 Å². The van der Waals surface area contributed by atoms with E-state index in [1.54, 1.807) is 11.8 Å². The van der Waals surface area contributed by atoms with Gasteiger partial charge >= 0.3 is 6.01 Å². The summed E-state index contributed by atoms with van der Waals surface area (Å²) in [4.78, 5) is 0. The molecule has 1 N–H and O–H groups in total. The van der Waals surface area contributed by atoms with Gasteiger partial charge in [0.25, 0.3) is 0 Å². The lowest BCUT2D eigenvalue weighted by atomic mass is 9.92. The summed E-state index contributed by atoms with van der Waals surface area (Å²) in [6.45, 7) is 8.87. The lowest BCUT2D eigenvalue weighted by Crippen LogP contribution is -2.09. The SMILES string of the molecule is COc1c(CNc2nnc(CC(C)(C)C)o2)c(C)nn1C. The van der Waals surface area contributed by atoms with Crippen LogP contribution in [0.1, 0.15) is 37.9 Å². The second kappa shape index (κ2) is 5.75. The summed E-state index contributed by atoms with van der Waals surface area (Å²) in [5.41, 5.74) is 2.01. The van der Waals surface area contributed by atoms with Crippen molar-refractivity contribution < 1.29 is 9.15 Å². The smallest absolute Gasteiger partial charge is 0.315 e. The van der Waals surface area contributed by atoms with Crippen molar-refractivity contribution in [1.29, 1.82) is 0 Å². The van der Waals surface area contributed by atoms with Crippen molar-refractivity contribution in [2.45, 2.75) is 40.7 Å². The molecule has 2 heterocycles. The van der Waals surface area contributed by atoms with Crippen LogP contribution in [0.4, 0.5) is 6.01 Å². The summed E-state index contributed by atoms with van der Waals surface area (Å²) in [7, 11) is 3.48. The van der Waals surface area contributed by atoms with Gasteiger partial charge in [-0.1, -0.05) is 25.9 Å². The Balaban J connectivity index is 2.04. The van der Waals surface area contributed by atoms with Gasteiger partial charge in [0.2, 0.25) is 11.8 Å². The Kier molecular flexibility index (Phi) is 4.20. The highest BCUT2D eigenvalue weighted by molar-refractivity contribution is 5.34. The van der Waals surface area contributed by atoms with Crippen LogP contribution in [0.2, 0.25) is 0 Å². The van der Waals surface area contributed by atoms with Gasteiger partial charge in [0.05, 0.1) is 24.9 Å². The first-order valence-corrected chi connectivity index (χ1v) is 6.93. The van der Waals surface area contributed by atoms with Gasteiger partial charge in [-0.2, -0.15) is 5.10 Å². The van der Waals surface area contributed by atoms with Crippen molar-refractivity contribution in [3.8, 4) is 5.88 Å². The van der Waals surface area contributed by atoms with Crippen LogP contribution in [0.3, 0.4) is 0 Å². The van der Waals surface area contributed by atoms with Gasteiger partial charge in [-0.3, -0.25) is 0 Å². The molecule has 0 saturated carbocycles. The fraction of sp³-hybridized carbons (Fsp3) is 0.643. The quantitative estimate of drug-likeness (QED) is 0.911. The number of nitrogens with one attached hydrogen (secondary N) is 1. The molecular formula is C14H23N5O2. The summed E-state index contributed by atoms with van der Waals surface area (Å²) in [6, 6.07) is 0.416. The third kappa shape index (κ3) is 3.74. The molecule has 0 bridgehead atoms. The molecule has 0 fully saturated rings.